The minimum absolute atomic E-state index is 0.0199. The van der Waals surface area contributed by atoms with Crippen molar-refractivity contribution in [2.45, 2.75) is 86.2 Å². The second kappa shape index (κ2) is 11.3. The number of esters is 3. The molecule has 7 nitrogen and oxygen atoms in total. The highest BCUT2D eigenvalue weighted by Gasteiger charge is 2.50. The van der Waals surface area contributed by atoms with Gasteiger partial charge in [-0.25, -0.2) is 0 Å². The van der Waals surface area contributed by atoms with Crippen molar-refractivity contribution < 1.29 is 33.7 Å². The predicted octanol–water partition coefficient (Wildman–Crippen LogP) is 4.28. The molecular weight excluding hydrogens is 424 g/mol. The Bertz CT molecular complexity index is 807. The van der Waals surface area contributed by atoms with Gasteiger partial charge in [0.1, 0.15) is 13.2 Å². The molecule has 2 rings (SSSR count). The van der Waals surface area contributed by atoms with Crippen molar-refractivity contribution in [3.05, 3.63) is 22.8 Å². The quantitative estimate of drug-likeness (QED) is 0.309. The maximum atomic E-state index is 11.7. The first-order valence-electron chi connectivity index (χ1n) is 11.9. The SMILES string of the molecule is CC(=O)OC/C(=C/CC1=C(CO)CC[C@H]2C(C)(C)CCC[C@]12C)C(COC(C)=O)OC(C)=O. The summed E-state index contributed by atoms with van der Waals surface area (Å²) in [5.74, 6) is -0.949. The van der Waals surface area contributed by atoms with Gasteiger partial charge in [-0.05, 0) is 54.4 Å². The molecule has 0 radical (unpaired) electrons. The van der Waals surface area contributed by atoms with Crippen molar-refractivity contribution in [1.82, 2.24) is 0 Å². The maximum Gasteiger partial charge on any atom is 0.303 e. The molecule has 1 saturated carbocycles. The van der Waals surface area contributed by atoms with Crippen LogP contribution < -0.4 is 0 Å². The number of fused-ring (bicyclic) bond motifs is 1. The molecule has 1 unspecified atom stereocenters. The molecule has 0 aromatic heterocycles. The van der Waals surface area contributed by atoms with Crippen LogP contribution in [0.25, 0.3) is 0 Å². The molecule has 0 aliphatic heterocycles. The Kier molecular flexibility index (Phi) is 9.29. The number of carbonyl (C=O) groups is 3. The van der Waals surface area contributed by atoms with E-state index in [1.807, 2.05) is 6.08 Å². The molecule has 0 amide bonds. The van der Waals surface area contributed by atoms with Gasteiger partial charge >= 0.3 is 17.9 Å². The van der Waals surface area contributed by atoms with Gasteiger partial charge in [-0.3, -0.25) is 14.4 Å². The summed E-state index contributed by atoms with van der Waals surface area (Å²) in [6, 6.07) is 0. The number of allylic oxidation sites excluding steroid dienone is 2. The van der Waals surface area contributed by atoms with Crippen LogP contribution in [0.4, 0.5) is 0 Å². The number of carbonyl (C=O) groups excluding carboxylic acids is 3. The summed E-state index contributed by atoms with van der Waals surface area (Å²) >= 11 is 0. The first kappa shape index (κ1) is 27.1. The van der Waals surface area contributed by atoms with Crippen LogP contribution in [0.1, 0.15) is 80.1 Å². The highest BCUT2D eigenvalue weighted by Crippen LogP contribution is 2.60. The van der Waals surface area contributed by atoms with Crippen molar-refractivity contribution in [2.24, 2.45) is 16.7 Å². The Labute approximate surface area is 197 Å². The fourth-order valence-corrected chi connectivity index (χ4v) is 5.93. The molecule has 1 fully saturated rings. The topological polar surface area (TPSA) is 99.1 Å². The Morgan fingerprint density at radius 3 is 2.30 bits per heavy atom. The molecule has 2 aliphatic rings. The largest absolute Gasteiger partial charge is 0.462 e. The summed E-state index contributed by atoms with van der Waals surface area (Å²) in [7, 11) is 0. The predicted molar refractivity (Wildman–Crippen MR) is 124 cm³/mol. The van der Waals surface area contributed by atoms with E-state index < -0.39 is 24.0 Å². The number of ether oxygens (including phenoxy) is 3. The summed E-state index contributed by atoms with van der Waals surface area (Å²) in [6.07, 6.45) is 6.94. The summed E-state index contributed by atoms with van der Waals surface area (Å²) in [6.45, 7) is 10.7. The number of aliphatic hydroxyl groups excluding tert-OH is 1. The van der Waals surface area contributed by atoms with Gasteiger partial charge < -0.3 is 19.3 Å². The van der Waals surface area contributed by atoms with E-state index in [4.69, 9.17) is 14.2 Å². The molecule has 0 aromatic rings. The molecule has 0 saturated heterocycles. The zero-order valence-corrected chi connectivity index (χ0v) is 21.0. The third kappa shape index (κ3) is 6.92. The summed E-state index contributed by atoms with van der Waals surface area (Å²) < 4.78 is 15.7. The lowest BCUT2D eigenvalue weighted by molar-refractivity contribution is -0.154. The lowest BCUT2D eigenvalue weighted by Crippen LogP contribution is -2.45. The van der Waals surface area contributed by atoms with Crippen molar-refractivity contribution in [3.8, 4) is 0 Å². The molecule has 7 heteroatoms. The Hall–Kier alpha value is -2.15. The van der Waals surface area contributed by atoms with E-state index in [0.717, 1.165) is 31.3 Å². The van der Waals surface area contributed by atoms with Gasteiger partial charge in [0.05, 0.1) is 6.61 Å². The third-order valence-corrected chi connectivity index (χ3v) is 7.44. The zero-order chi connectivity index (χ0) is 24.8. The average Bonchev–Trinajstić information content (AvgIpc) is 2.70. The molecular formula is C26H40O7. The molecule has 0 heterocycles. The smallest absolute Gasteiger partial charge is 0.303 e. The molecule has 2 aliphatic carbocycles. The second-order valence-corrected chi connectivity index (χ2v) is 10.3. The van der Waals surface area contributed by atoms with Crippen molar-refractivity contribution in [3.63, 3.8) is 0 Å². The molecule has 0 bridgehead atoms. The molecule has 186 valence electrons. The summed E-state index contributed by atoms with van der Waals surface area (Å²) in [5.41, 5.74) is 3.04. The second-order valence-electron chi connectivity index (χ2n) is 10.3. The van der Waals surface area contributed by atoms with Crippen LogP contribution in [-0.4, -0.2) is 48.9 Å². The number of aliphatic hydroxyl groups is 1. The van der Waals surface area contributed by atoms with Crippen LogP contribution in [-0.2, 0) is 28.6 Å². The van der Waals surface area contributed by atoms with Crippen LogP contribution in [0.5, 0.6) is 0 Å². The first-order valence-corrected chi connectivity index (χ1v) is 11.9. The molecule has 1 N–H and O–H groups in total. The number of hydrogen-bond donors (Lipinski definition) is 1. The monoisotopic (exact) mass is 464 g/mol. The Morgan fingerprint density at radius 1 is 1.06 bits per heavy atom. The summed E-state index contributed by atoms with van der Waals surface area (Å²) in [5, 5.41) is 10.1. The average molecular weight is 465 g/mol. The highest BCUT2D eigenvalue weighted by molar-refractivity contribution is 5.68. The van der Waals surface area contributed by atoms with Crippen LogP contribution >= 0.6 is 0 Å². The molecule has 0 aromatic carbocycles. The van der Waals surface area contributed by atoms with E-state index in [1.54, 1.807) is 0 Å². The standard InChI is InChI=1S/C26H40O7/c1-17(28)31-15-21(23(33-19(3)30)16-32-18(2)29)8-10-22-20(14-27)9-11-24-25(4,5)12-7-13-26(22,24)6/h8,23-24,27H,7,9-16H2,1-6H3/b21-8-/t23?,24-,26+/m0/s1. The highest BCUT2D eigenvalue weighted by atomic mass is 16.6. The fraction of sp³-hybridized carbons (Fsp3) is 0.731. The van der Waals surface area contributed by atoms with Gasteiger partial charge in [0.2, 0.25) is 0 Å². The van der Waals surface area contributed by atoms with E-state index in [9.17, 15) is 19.5 Å². The van der Waals surface area contributed by atoms with Crippen molar-refractivity contribution in [2.75, 3.05) is 19.8 Å². The van der Waals surface area contributed by atoms with Gasteiger partial charge in [0, 0.05) is 26.3 Å². The molecule has 3 atom stereocenters. The van der Waals surface area contributed by atoms with Crippen molar-refractivity contribution >= 4 is 17.9 Å². The van der Waals surface area contributed by atoms with Crippen LogP contribution in [0.15, 0.2) is 22.8 Å². The van der Waals surface area contributed by atoms with Gasteiger partial charge in [-0.1, -0.05) is 38.8 Å². The van der Waals surface area contributed by atoms with Crippen LogP contribution in [0.2, 0.25) is 0 Å². The fourth-order valence-electron chi connectivity index (χ4n) is 5.93. The Morgan fingerprint density at radius 2 is 1.73 bits per heavy atom. The lowest BCUT2D eigenvalue weighted by Gasteiger charge is -2.55. The van der Waals surface area contributed by atoms with E-state index >= 15 is 0 Å². The number of hydrogen-bond acceptors (Lipinski definition) is 7. The lowest BCUT2D eigenvalue weighted by atomic mass is 9.50. The third-order valence-electron chi connectivity index (χ3n) is 7.44. The minimum Gasteiger partial charge on any atom is -0.462 e. The van der Waals surface area contributed by atoms with Gasteiger partial charge in [-0.15, -0.1) is 0 Å². The summed E-state index contributed by atoms with van der Waals surface area (Å²) in [4.78, 5) is 34.6. The molecule has 0 spiro atoms. The normalized spacial score (nSPS) is 25.7. The van der Waals surface area contributed by atoms with E-state index in [-0.39, 0.29) is 30.7 Å². The van der Waals surface area contributed by atoms with Crippen LogP contribution in [0, 0.1) is 16.7 Å². The van der Waals surface area contributed by atoms with E-state index in [1.165, 1.54) is 32.8 Å². The minimum atomic E-state index is -0.848. The van der Waals surface area contributed by atoms with Gasteiger partial charge in [0.15, 0.2) is 6.10 Å². The van der Waals surface area contributed by atoms with Crippen LogP contribution in [0.3, 0.4) is 0 Å². The van der Waals surface area contributed by atoms with Crippen molar-refractivity contribution in [1.29, 1.82) is 0 Å². The zero-order valence-electron chi connectivity index (χ0n) is 21.0. The molecule has 33 heavy (non-hydrogen) atoms. The maximum absolute atomic E-state index is 11.7. The first-order chi connectivity index (χ1) is 15.4. The number of rotatable bonds is 9. The van der Waals surface area contributed by atoms with E-state index in [2.05, 4.69) is 20.8 Å². The van der Waals surface area contributed by atoms with Gasteiger partial charge in [-0.2, -0.15) is 0 Å². The Balaban J connectivity index is 2.42. The van der Waals surface area contributed by atoms with E-state index in [0.29, 0.717) is 17.9 Å². The van der Waals surface area contributed by atoms with Gasteiger partial charge in [0.25, 0.3) is 0 Å².